The van der Waals surface area contributed by atoms with Gasteiger partial charge in [-0.25, -0.2) is 0 Å². The highest BCUT2D eigenvalue weighted by atomic mass is 32.2. The van der Waals surface area contributed by atoms with E-state index in [0.29, 0.717) is 28.8 Å². The predicted octanol–water partition coefficient (Wildman–Crippen LogP) is 4.59. The molecule has 4 rings (SSSR count). The minimum absolute atomic E-state index is 0.128. The molecule has 2 aromatic heterocycles. The van der Waals surface area contributed by atoms with Crippen LogP contribution in [0.5, 0.6) is 5.75 Å². The van der Waals surface area contributed by atoms with Gasteiger partial charge in [0.1, 0.15) is 5.75 Å². The summed E-state index contributed by atoms with van der Waals surface area (Å²) in [6, 6.07) is 12.2. The van der Waals surface area contributed by atoms with E-state index in [1.807, 2.05) is 6.92 Å². The fourth-order valence-corrected chi connectivity index (χ4v) is 3.88. The summed E-state index contributed by atoms with van der Waals surface area (Å²) in [5.74, 6) is 0.961. The summed E-state index contributed by atoms with van der Waals surface area (Å²) in [4.78, 5) is 12.9. The first-order valence-corrected chi connectivity index (χ1v) is 10.3. The average molecular weight is 446 g/mol. The quantitative estimate of drug-likeness (QED) is 0.406. The lowest BCUT2D eigenvalue weighted by Crippen LogP contribution is -2.20. The van der Waals surface area contributed by atoms with Crippen LogP contribution in [0, 0.1) is 0 Å². The van der Waals surface area contributed by atoms with Crippen LogP contribution in [0.4, 0.5) is 13.2 Å². The van der Waals surface area contributed by atoms with Gasteiger partial charge < -0.3 is 4.74 Å². The molecule has 0 saturated heterocycles. The number of aromatic nitrogens is 4. The Kier molecular flexibility index (Phi) is 5.73. The number of thioether (sulfide) groups is 1. The highest BCUT2D eigenvalue weighted by molar-refractivity contribution is 7.98. The average Bonchev–Trinajstić information content (AvgIpc) is 3.17. The molecule has 0 spiro atoms. The minimum atomic E-state index is -4.39. The van der Waals surface area contributed by atoms with Crippen molar-refractivity contribution in [2.75, 3.05) is 6.61 Å². The van der Waals surface area contributed by atoms with Crippen LogP contribution in [0.15, 0.2) is 70.9 Å². The topological polar surface area (TPSA) is 61.4 Å². The van der Waals surface area contributed by atoms with E-state index in [4.69, 9.17) is 4.74 Å². The molecule has 0 saturated carbocycles. The van der Waals surface area contributed by atoms with E-state index in [9.17, 15) is 18.0 Å². The molecule has 0 fully saturated rings. The monoisotopic (exact) mass is 446 g/mol. The maximum absolute atomic E-state index is 12.9. The number of rotatable bonds is 6. The predicted molar refractivity (Wildman–Crippen MR) is 111 cm³/mol. The second-order valence-electron chi connectivity index (χ2n) is 6.56. The Bertz CT molecular complexity index is 1270. The fourth-order valence-electron chi connectivity index (χ4n) is 3.02. The van der Waals surface area contributed by atoms with Gasteiger partial charge in [-0.3, -0.25) is 13.8 Å². The van der Waals surface area contributed by atoms with Crippen LogP contribution in [-0.2, 0) is 11.9 Å². The van der Waals surface area contributed by atoms with Crippen LogP contribution in [0.25, 0.3) is 11.3 Å². The number of nitrogens with zero attached hydrogens (tertiary/aromatic N) is 4. The van der Waals surface area contributed by atoms with Gasteiger partial charge in [0.15, 0.2) is 5.16 Å². The van der Waals surface area contributed by atoms with Crippen molar-refractivity contribution in [1.82, 2.24) is 19.2 Å². The fraction of sp³-hybridized carbons (Fsp3) is 0.190. The van der Waals surface area contributed by atoms with E-state index >= 15 is 0 Å². The van der Waals surface area contributed by atoms with E-state index in [1.165, 1.54) is 26.8 Å². The zero-order valence-corrected chi connectivity index (χ0v) is 17.2. The summed E-state index contributed by atoms with van der Waals surface area (Å²) in [7, 11) is 0. The Morgan fingerprint density at radius 2 is 1.84 bits per heavy atom. The molecule has 2 heterocycles. The summed E-state index contributed by atoms with van der Waals surface area (Å²) in [5.41, 5.74) is 0.222. The second kappa shape index (κ2) is 8.46. The molecule has 0 amide bonds. The number of benzene rings is 2. The number of alkyl halides is 3. The SMILES string of the molecule is CCOc1ccc(-n2ccn3c(SCc4cccc(C(F)(F)F)c4)nnc3c2=O)cc1. The van der Waals surface area contributed by atoms with Gasteiger partial charge in [0.05, 0.1) is 12.2 Å². The lowest BCUT2D eigenvalue weighted by atomic mass is 10.1. The maximum Gasteiger partial charge on any atom is 0.416 e. The summed E-state index contributed by atoms with van der Waals surface area (Å²) in [6.45, 7) is 2.44. The smallest absolute Gasteiger partial charge is 0.416 e. The van der Waals surface area contributed by atoms with E-state index < -0.39 is 11.7 Å². The van der Waals surface area contributed by atoms with Crippen molar-refractivity contribution in [3.63, 3.8) is 0 Å². The van der Waals surface area contributed by atoms with Gasteiger partial charge in [-0.2, -0.15) is 13.2 Å². The van der Waals surface area contributed by atoms with Gasteiger partial charge >= 0.3 is 11.7 Å². The zero-order chi connectivity index (χ0) is 22.0. The largest absolute Gasteiger partial charge is 0.494 e. The Hall–Kier alpha value is -3.27. The lowest BCUT2D eigenvalue weighted by Gasteiger charge is -2.09. The van der Waals surface area contributed by atoms with Gasteiger partial charge in [-0.15, -0.1) is 10.2 Å². The number of fused-ring (bicyclic) bond motifs is 1. The van der Waals surface area contributed by atoms with Gasteiger partial charge in [0, 0.05) is 23.8 Å². The Labute approximate surface area is 179 Å². The number of halogens is 3. The number of hydrogen-bond donors (Lipinski definition) is 0. The van der Waals surface area contributed by atoms with Gasteiger partial charge in [0.2, 0.25) is 5.65 Å². The Balaban J connectivity index is 1.58. The molecular weight excluding hydrogens is 429 g/mol. The Morgan fingerprint density at radius 3 is 2.55 bits per heavy atom. The van der Waals surface area contributed by atoms with Gasteiger partial charge in [-0.05, 0) is 42.8 Å². The molecule has 160 valence electrons. The zero-order valence-electron chi connectivity index (χ0n) is 16.3. The number of ether oxygens (including phenoxy) is 1. The van der Waals surface area contributed by atoms with Gasteiger partial charge in [0.25, 0.3) is 0 Å². The van der Waals surface area contributed by atoms with Crippen molar-refractivity contribution in [2.45, 2.75) is 24.0 Å². The molecule has 2 aromatic carbocycles. The second-order valence-corrected chi connectivity index (χ2v) is 7.51. The molecule has 0 aliphatic heterocycles. The van der Waals surface area contributed by atoms with Crippen LogP contribution in [0.2, 0.25) is 0 Å². The van der Waals surface area contributed by atoms with Crippen molar-refractivity contribution < 1.29 is 17.9 Å². The molecule has 0 radical (unpaired) electrons. The van der Waals surface area contributed by atoms with Crippen molar-refractivity contribution in [3.8, 4) is 11.4 Å². The summed E-state index contributed by atoms with van der Waals surface area (Å²) < 4.78 is 47.1. The molecule has 6 nitrogen and oxygen atoms in total. The standard InChI is InChI=1S/C21H17F3N4O2S/c1-2-30-17-8-6-16(7-9-17)27-10-11-28-18(19(27)29)25-26-20(28)31-13-14-4-3-5-15(12-14)21(22,23)24/h3-12H,2,13H2,1H3. The molecule has 0 atom stereocenters. The molecule has 0 aliphatic carbocycles. The molecule has 10 heteroatoms. The van der Waals surface area contributed by atoms with Crippen LogP contribution in [0.3, 0.4) is 0 Å². The Morgan fingerprint density at radius 1 is 1.06 bits per heavy atom. The van der Waals surface area contributed by atoms with Crippen LogP contribution in [-0.4, -0.2) is 25.8 Å². The molecule has 0 N–H and O–H groups in total. The summed E-state index contributed by atoms with van der Waals surface area (Å²) in [6.07, 6.45) is -1.14. The third-order valence-corrected chi connectivity index (χ3v) is 5.50. The van der Waals surface area contributed by atoms with E-state index in [0.717, 1.165) is 12.1 Å². The van der Waals surface area contributed by atoms with Gasteiger partial charge in [-0.1, -0.05) is 30.0 Å². The van der Waals surface area contributed by atoms with Crippen molar-refractivity contribution in [1.29, 1.82) is 0 Å². The van der Waals surface area contributed by atoms with Crippen LogP contribution < -0.4 is 10.3 Å². The molecular formula is C21H17F3N4O2S. The van der Waals surface area contributed by atoms with Crippen LogP contribution >= 0.6 is 11.8 Å². The van der Waals surface area contributed by atoms with Crippen molar-refractivity contribution in [2.24, 2.45) is 0 Å². The third kappa shape index (κ3) is 4.43. The minimum Gasteiger partial charge on any atom is -0.494 e. The first-order valence-electron chi connectivity index (χ1n) is 9.35. The lowest BCUT2D eigenvalue weighted by molar-refractivity contribution is -0.137. The van der Waals surface area contributed by atoms with E-state index in [2.05, 4.69) is 10.2 Å². The highest BCUT2D eigenvalue weighted by Gasteiger charge is 2.30. The molecule has 4 aromatic rings. The first kappa shape index (κ1) is 21.0. The molecule has 31 heavy (non-hydrogen) atoms. The first-order chi connectivity index (χ1) is 14.9. The van der Waals surface area contributed by atoms with E-state index in [1.54, 1.807) is 42.7 Å². The highest BCUT2D eigenvalue weighted by Crippen LogP contribution is 2.31. The van der Waals surface area contributed by atoms with Crippen molar-refractivity contribution in [3.05, 3.63) is 82.4 Å². The summed E-state index contributed by atoms with van der Waals surface area (Å²) in [5, 5.41) is 8.43. The maximum atomic E-state index is 12.9. The molecule has 0 unspecified atom stereocenters. The molecule has 0 bridgehead atoms. The normalized spacial score (nSPS) is 11.7. The third-order valence-electron chi connectivity index (χ3n) is 4.49. The van der Waals surface area contributed by atoms with Crippen molar-refractivity contribution >= 4 is 17.4 Å². The van der Waals surface area contributed by atoms with E-state index in [-0.39, 0.29) is 17.0 Å². The summed E-state index contributed by atoms with van der Waals surface area (Å²) >= 11 is 1.20. The molecule has 0 aliphatic rings. The van der Waals surface area contributed by atoms with Crippen LogP contribution in [0.1, 0.15) is 18.1 Å². The number of hydrogen-bond acceptors (Lipinski definition) is 5.